The van der Waals surface area contributed by atoms with Crippen LogP contribution in [0.15, 0.2) is 6.20 Å². The Morgan fingerprint density at radius 2 is 2.13 bits per heavy atom. The summed E-state index contributed by atoms with van der Waals surface area (Å²) in [6, 6.07) is -1.33. The number of nitrogens with zero attached hydrogens (tertiary/aromatic N) is 3. The van der Waals surface area contributed by atoms with Crippen molar-refractivity contribution >= 4 is 11.8 Å². The molecule has 0 aliphatic carbocycles. The monoisotopic (exact) mass is 325 g/mol. The van der Waals surface area contributed by atoms with Crippen molar-refractivity contribution in [2.45, 2.75) is 37.8 Å². The Labute approximate surface area is 133 Å². The third-order valence-electron chi connectivity index (χ3n) is 4.13. The molecular weight excluding hydrogens is 302 g/mol. The minimum atomic E-state index is -0.958. The molecule has 1 aliphatic heterocycles. The molecule has 0 saturated carbocycles. The van der Waals surface area contributed by atoms with E-state index in [9.17, 15) is 9.59 Å². The molecule has 1 aliphatic rings. The lowest BCUT2D eigenvalue weighted by molar-refractivity contribution is -0.137. The number of aliphatic hydroxyl groups is 1. The van der Waals surface area contributed by atoms with Gasteiger partial charge in [-0.15, -0.1) is 5.10 Å². The molecule has 2 heterocycles. The van der Waals surface area contributed by atoms with E-state index in [1.54, 1.807) is 0 Å². The number of carboxylic acid groups (broad SMARTS) is 1. The smallest absolute Gasteiger partial charge is 0.303 e. The topological polar surface area (TPSA) is 143 Å². The third-order valence-corrected chi connectivity index (χ3v) is 4.13. The molecule has 128 valence electrons. The molecule has 23 heavy (non-hydrogen) atoms. The van der Waals surface area contributed by atoms with Crippen molar-refractivity contribution in [2.75, 3.05) is 19.7 Å². The number of carbonyl (C=O) groups excluding carboxylic acids is 1. The largest absolute Gasteiger partial charge is 0.481 e. The zero-order valence-electron chi connectivity index (χ0n) is 12.9. The number of hydrogen-bond donors (Lipinski definition) is 4. The minimum Gasteiger partial charge on any atom is -0.481 e. The highest BCUT2D eigenvalue weighted by molar-refractivity contribution is 5.85. The van der Waals surface area contributed by atoms with Crippen LogP contribution in [0, 0.1) is 5.92 Å². The lowest BCUT2D eigenvalue weighted by Crippen LogP contribution is -2.36. The summed E-state index contributed by atoms with van der Waals surface area (Å²) in [7, 11) is 0. The summed E-state index contributed by atoms with van der Waals surface area (Å²) in [5, 5.41) is 29.0. The first-order valence-electron chi connectivity index (χ1n) is 7.77. The second kappa shape index (κ2) is 8.14. The maximum atomic E-state index is 12.8. The van der Waals surface area contributed by atoms with Gasteiger partial charge in [0.2, 0.25) is 0 Å². The number of nitrogens with two attached hydrogens (primary N) is 1. The second-order valence-corrected chi connectivity index (χ2v) is 5.79. The molecule has 1 unspecified atom stereocenters. The fourth-order valence-electron chi connectivity index (χ4n) is 2.75. The fraction of sp³-hybridized carbons (Fsp3) is 0.714. The summed E-state index contributed by atoms with van der Waals surface area (Å²) in [6.07, 6.45) is 3.03. The van der Waals surface area contributed by atoms with E-state index in [2.05, 4.69) is 15.6 Å². The molecule has 5 N–H and O–H groups in total. The lowest BCUT2D eigenvalue weighted by atomic mass is 9.88. The van der Waals surface area contributed by atoms with Crippen molar-refractivity contribution in [3.05, 3.63) is 11.9 Å². The molecule has 1 aromatic rings. The van der Waals surface area contributed by atoms with Crippen LogP contribution in [0.1, 0.15) is 43.5 Å². The molecule has 9 heteroatoms. The van der Waals surface area contributed by atoms with E-state index >= 15 is 0 Å². The molecule has 1 fully saturated rings. The van der Waals surface area contributed by atoms with Crippen molar-refractivity contribution in [2.24, 2.45) is 11.7 Å². The van der Waals surface area contributed by atoms with Gasteiger partial charge >= 0.3 is 5.97 Å². The van der Waals surface area contributed by atoms with Crippen LogP contribution in [0.5, 0.6) is 0 Å². The normalized spacial score (nSPS) is 18.5. The summed E-state index contributed by atoms with van der Waals surface area (Å²) in [6.45, 7) is 1.28. The van der Waals surface area contributed by atoms with Gasteiger partial charge in [-0.3, -0.25) is 9.59 Å². The maximum Gasteiger partial charge on any atom is 0.303 e. The number of carboxylic acids is 1. The Morgan fingerprint density at radius 1 is 1.43 bits per heavy atom. The molecule has 0 amide bonds. The molecule has 0 aromatic carbocycles. The van der Waals surface area contributed by atoms with E-state index in [0.29, 0.717) is 5.69 Å². The van der Waals surface area contributed by atoms with Crippen molar-refractivity contribution < 1.29 is 19.8 Å². The number of ketones is 1. The van der Waals surface area contributed by atoms with Gasteiger partial charge in [0.25, 0.3) is 0 Å². The van der Waals surface area contributed by atoms with E-state index in [1.807, 2.05) is 0 Å². The van der Waals surface area contributed by atoms with Gasteiger partial charge in [-0.1, -0.05) is 5.21 Å². The highest BCUT2D eigenvalue weighted by Crippen LogP contribution is 2.24. The molecular formula is C14H23N5O4. The van der Waals surface area contributed by atoms with Gasteiger partial charge < -0.3 is 21.3 Å². The molecule has 0 radical (unpaired) electrons. The van der Waals surface area contributed by atoms with Gasteiger partial charge in [-0.2, -0.15) is 0 Å². The number of aromatic nitrogens is 3. The number of hydrogen-bond acceptors (Lipinski definition) is 7. The zero-order chi connectivity index (χ0) is 16.8. The zero-order valence-corrected chi connectivity index (χ0v) is 12.9. The molecule has 0 bridgehead atoms. The van der Waals surface area contributed by atoms with Crippen LogP contribution in [0.4, 0.5) is 0 Å². The number of piperidine rings is 1. The number of aliphatic hydroxyl groups excluding tert-OH is 1. The number of rotatable bonds is 8. The van der Waals surface area contributed by atoms with E-state index in [4.69, 9.17) is 15.9 Å². The van der Waals surface area contributed by atoms with Crippen LogP contribution >= 0.6 is 0 Å². The lowest BCUT2D eigenvalue weighted by Gasteiger charge is -2.25. The standard InChI is InChI=1S/C14H23N5O4/c15-10(8-20)11-7-19(18-17-11)12(1-2-13(21)22)14(23)9-3-5-16-6-4-9/h7,9-10,12,16,20H,1-6,8,15H2,(H,21,22)/t10-,12?/m0/s1. The Hall–Kier alpha value is -1.84. The van der Waals surface area contributed by atoms with Crippen molar-refractivity contribution in [3.63, 3.8) is 0 Å². The van der Waals surface area contributed by atoms with Gasteiger partial charge in [0, 0.05) is 12.3 Å². The quantitative estimate of drug-likeness (QED) is 0.488. The predicted molar refractivity (Wildman–Crippen MR) is 80.5 cm³/mol. The van der Waals surface area contributed by atoms with Crippen LogP contribution < -0.4 is 11.1 Å². The van der Waals surface area contributed by atoms with Gasteiger partial charge in [0.1, 0.15) is 11.7 Å². The minimum absolute atomic E-state index is 0.0123. The van der Waals surface area contributed by atoms with Gasteiger partial charge in [-0.25, -0.2) is 4.68 Å². The molecule has 2 atom stereocenters. The first kappa shape index (κ1) is 17.5. The van der Waals surface area contributed by atoms with Crippen LogP contribution in [0.3, 0.4) is 0 Å². The fourth-order valence-corrected chi connectivity index (χ4v) is 2.75. The predicted octanol–water partition coefficient (Wildman–Crippen LogP) is -0.755. The second-order valence-electron chi connectivity index (χ2n) is 5.79. The van der Waals surface area contributed by atoms with E-state index in [0.717, 1.165) is 25.9 Å². The summed E-state index contributed by atoms with van der Waals surface area (Å²) < 4.78 is 1.39. The van der Waals surface area contributed by atoms with Crippen molar-refractivity contribution in [1.29, 1.82) is 0 Å². The first-order valence-corrected chi connectivity index (χ1v) is 7.77. The summed E-state index contributed by atoms with van der Waals surface area (Å²) >= 11 is 0. The molecule has 0 spiro atoms. The molecule has 1 aromatic heterocycles. The number of aliphatic carboxylic acids is 1. The Morgan fingerprint density at radius 3 is 2.74 bits per heavy atom. The number of carbonyl (C=O) groups is 2. The molecule has 9 nitrogen and oxygen atoms in total. The maximum absolute atomic E-state index is 12.8. The Kier molecular flexibility index (Phi) is 6.20. The highest BCUT2D eigenvalue weighted by atomic mass is 16.4. The average molecular weight is 325 g/mol. The van der Waals surface area contributed by atoms with Crippen molar-refractivity contribution in [3.8, 4) is 0 Å². The van der Waals surface area contributed by atoms with Gasteiger partial charge in [-0.05, 0) is 32.4 Å². The average Bonchev–Trinajstić information content (AvgIpc) is 3.04. The summed E-state index contributed by atoms with van der Waals surface area (Å²) in [5.41, 5.74) is 6.08. The first-order chi connectivity index (χ1) is 11.0. The number of Topliss-reactive ketones (excluding diaryl/α,β-unsaturated/α-hetero) is 1. The van der Waals surface area contributed by atoms with E-state index in [-0.39, 0.29) is 31.1 Å². The van der Waals surface area contributed by atoms with E-state index < -0.39 is 18.1 Å². The SMILES string of the molecule is N[C@@H](CO)c1cn(C(CCC(=O)O)C(=O)C2CCNCC2)nn1. The van der Waals surface area contributed by atoms with Crippen molar-refractivity contribution in [1.82, 2.24) is 20.3 Å². The Balaban J connectivity index is 2.16. The van der Waals surface area contributed by atoms with Crippen LogP contribution in [0.25, 0.3) is 0 Å². The number of nitrogens with one attached hydrogen (secondary N) is 1. The Bertz CT molecular complexity index is 541. The summed E-state index contributed by atoms with van der Waals surface area (Å²) in [5.74, 6) is -1.07. The van der Waals surface area contributed by atoms with Crippen LogP contribution in [-0.2, 0) is 9.59 Å². The van der Waals surface area contributed by atoms with Gasteiger partial charge in [0.05, 0.1) is 18.8 Å². The third kappa shape index (κ3) is 4.57. The van der Waals surface area contributed by atoms with Crippen LogP contribution in [-0.4, -0.2) is 56.7 Å². The molecule has 2 rings (SSSR count). The highest BCUT2D eigenvalue weighted by Gasteiger charge is 2.30. The van der Waals surface area contributed by atoms with Gasteiger partial charge in [0.15, 0.2) is 5.78 Å². The van der Waals surface area contributed by atoms with E-state index in [1.165, 1.54) is 10.9 Å². The summed E-state index contributed by atoms with van der Waals surface area (Å²) in [4.78, 5) is 23.6. The molecule has 1 saturated heterocycles. The van der Waals surface area contributed by atoms with Crippen LogP contribution in [0.2, 0.25) is 0 Å².